The molecule has 1 aliphatic heterocycles. The molecule has 3 N–H and O–H groups in total. The van der Waals surface area contributed by atoms with Crippen LogP contribution in [0.5, 0.6) is 0 Å². The van der Waals surface area contributed by atoms with E-state index in [1.165, 1.54) is 0 Å². The van der Waals surface area contributed by atoms with Crippen molar-refractivity contribution in [2.75, 3.05) is 36.2 Å². The number of pyridine rings is 2. The maximum absolute atomic E-state index is 5.50. The molecule has 33 heavy (non-hydrogen) atoms. The Labute approximate surface area is 192 Å². The van der Waals surface area contributed by atoms with Gasteiger partial charge in [0, 0.05) is 61.1 Å². The summed E-state index contributed by atoms with van der Waals surface area (Å²) in [6.45, 7) is 3.67. The fourth-order valence-corrected chi connectivity index (χ4v) is 4.15. The highest BCUT2D eigenvalue weighted by molar-refractivity contribution is 6.02. The number of hydrogen-bond acceptors (Lipinski definition) is 8. The topological polar surface area (TPSA) is 96.9 Å². The summed E-state index contributed by atoms with van der Waals surface area (Å²) in [6, 6.07) is 12.5. The van der Waals surface area contributed by atoms with E-state index < -0.39 is 0 Å². The first-order valence-electron chi connectivity index (χ1n) is 11.2. The maximum atomic E-state index is 5.50. The molecule has 1 fully saturated rings. The van der Waals surface area contributed by atoms with Gasteiger partial charge in [-0.25, -0.2) is 19.9 Å². The van der Waals surface area contributed by atoms with Crippen LogP contribution in [0, 0.1) is 6.92 Å². The summed E-state index contributed by atoms with van der Waals surface area (Å²) >= 11 is 0. The minimum Gasteiger partial charge on any atom is -0.381 e. The summed E-state index contributed by atoms with van der Waals surface area (Å²) < 4.78 is 5.50. The fourth-order valence-electron chi connectivity index (χ4n) is 4.15. The van der Waals surface area contributed by atoms with E-state index in [1.54, 1.807) is 12.5 Å². The Kier molecular flexibility index (Phi) is 5.99. The number of rotatable bonds is 6. The molecule has 0 spiro atoms. The average Bonchev–Trinajstić information content (AvgIpc) is 2.87. The van der Waals surface area contributed by atoms with Gasteiger partial charge in [-0.1, -0.05) is 12.1 Å². The molecule has 0 radical (unpaired) electrons. The molecule has 0 aliphatic carbocycles. The molecule has 1 aliphatic rings. The Morgan fingerprint density at radius 1 is 0.909 bits per heavy atom. The second-order valence-corrected chi connectivity index (χ2v) is 8.11. The van der Waals surface area contributed by atoms with E-state index in [0.29, 0.717) is 6.04 Å². The van der Waals surface area contributed by atoms with E-state index in [4.69, 9.17) is 4.74 Å². The van der Waals surface area contributed by atoms with Gasteiger partial charge in [0.05, 0.1) is 11.4 Å². The first-order chi connectivity index (χ1) is 16.2. The van der Waals surface area contributed by atoms with E-state index in [2.05, 4.69) is 54.9 Å². The molecule has 5 rings (SSSR count). The summed E-state index contributed by atoms with van der Waals surface area (Å²) in [4.78, 5) is 18.0. The van der Waals surface area contributed by atoms with Gasteiger partial charge in [-0.05, 0) is 43.5 Å². The maximum Gasteiger partial charge on any atom is 0.139 e. The van der Waals surface area contributed by atoms with Gasteiger partial charge in [0.25, 0.3) is 0 Å². The minimum atomic E-state index is 0.371. The van der Waals surface area contributed by atoms with E-state index in [0.717, 1.165) is 76.8 Å². The predicted octanol–water partition coefficient (Wildman–Crippen LogP) is 4.77. The minimum absolute atomic E-state index is 0.371. The summed E-state index contributed by atoms with van der Waals surface area (Å²) in [5.41, 5.74) is 3.84. The Morgan fingerprint density at radius 2 is 1.76 bits per heavy atom. The first kappa shape index (κ1) is 21.1. The second kappa shape index (κ2) is 9.38. The van der Waals surface area contributed by atoms with E-state index in [-0.39, 0.29) is 0 Å². The van der Waals surface area contributed by atoms with E-state index in [1.807, 2.05) is 37.5 Å². The zero-order valence-corrected chi connectivity index (χ0v) is 18.8. The number of fused-ring (bicyclic) bond motifs is 1. The zero-order chi connectivity index (χ0) is 22.6. The third-order valence-corrected chi connectivity index (χ3v) is 5.97. The fraction of sp³-hybridized carbons (Fsp3) is 0.280. The highest BCUT2D eigenvalue weighted by atomic mass is 16.5. The Hall–Kier alpha value is -3.78. The normalized spacial score (nSPS) is 14.2. The van der Waals surface area contributed by atoms with Crippen LogP contribution in [0.4, 0.5) is 23.1 Å². The van der Waals surface area contributed by atoms with Crippen molar-refractivity contribution in [3.63, 3.8) is 0 Å². The summed E-state index contributed by atoms with van der Waals surface area (Å²) in [6.07, 6.45) is 7.17. The Balaban J connectivity index is 1.53. The highest BCUT2D eigenvalue weighted by Crippen LogP contribution is 2.35. The van der Waals surface area contributed by atoms with Crippen molar-refractivity contribution in [2.24, 2.45) is 0 Å². The highest BCUT2D eigenvalue weighted by Gasteiger charge is 2.17. The Bertz CT molecular complexity index is 1270. The van der Waals surface area contributed by atoms with Crippen molar-refractivity contribution in [3.05, 3.63) is 60.7 Å². The van der Waals surface area contributed by atoms with Gasteiger partial charge in [0.1, 0.15) is 23.8 Å². The number of benzene rings is 1. The smallest absolute Gasteiger partial charge is 0.139 e. The molecule has 8 nitrogen and oxygen atoms in total. The molecular formula is C25H27N7O. The molecule has 168 valence electrons. The van der Waals surface area contributed by atoms with Crippen LogP contribution >= 0.6 is 0 Å². The molecule has 0 unspecified atom stereocenters. The standard InChI is InChI=1S/C25H27N7O/c1-16-5-6-19-18(7-11-28-24(19)31-17-8-12-33-13-9-17)23(16)32-25-20(4-3-10-27-25)21-14-22(26-2)30-15-29-21/h3-7,10-11,14-15,17H,8-9,12-13H2,1-2H3,(H,27,32)(H,28,31)(H,26,29,30). The van der Waals surface area contributed by atoms with Crippen molar-refractivity contribution in [2.45, 2.75) is 25.8 Å². The quantitative estimate of drug-likeness (QED) is 0.394. The van der Waals surface area contributed by atoms with Crippen molar-refractivity contribution < 1.29 is 4.74 Å². The molecule has 4 heterocycles. The molecule has 0 bridgehead atoms. The summed E-state index contributed by atoms with van der Waals surface area (Å²) in [7, 11) is 1.84. The number of anilines is 4. The van der Waals surface area contributed by atoms with Gasteiger partial charge in [-0.3, -0.25) is 0 Å². The predicted molar refractivity (Wildman–Crippen MR) is 132 cm³/mol. The molecule has 8 heteroatoms. The molecule has 1 aromatic carbocycles. The lowest BCUT2D eigenvalue weighted by Crippen LogP contribution is -2.28. The van der Waals surface area contributed by atoms with Crippen LogP contribution in [0.2, 0.25) is 0 Å². The van der Waals surface area contributed by atoms with Crippen LogP contribution in [0.1, 0.15) is 18.4 Å². The third kappa shape index (κ3) is 4.42. The molecule has 1 saturated heterocycles. The van der Waals surface area contributed by atoms with Crippen molar-refractivity contribution >= 4 is 33.9 Å². The van der Waals surface area contributed by atoms with Crippen LogP contribution in [-0.2, 0) is 4.74 Å². The number of nitrogens with one attached hydrogen (secondary N) is 3. The monoisotopic (exact) mass is 441 g/mol. The molecule has 3 aromatic heterocycles. The van der Waals surface area contributed by atoms with E-state index in [9.17, 15) is 0 Å². The second-order valence-electron chi connectivity index (χ2n) is 8.11. The number of hydrogen-bond donors (Lipinski definition) is 3. The number of aromatic nitrogens is 4. The number of aryl methyl sites for hydroxylation is 1. The van der Waals surface area contributed by atoms with Crippen molar-refractivity contribution in [3.8, 4) is 11.3 Å². The van der Waals surface area contributed by atoms with Crippen LogP contribution < -0.4 is 16.0 Å². The largest absolute Gasteiger partial charge is 0.381 e. The molecule has 0 saturated carbocycles. The van der Waals surface area contributed by atoms with Crippen LogP contribution in [0.25, 0.3) is 22.0 Å². The number of ether oxygens (including phenoxy) is 1. The van der Waals surface area contributed by atoms with Crippen LogP contribution in [0.3, 0.4) is 0 Å². The SMILES string of the molecule is CNc1cc(-c2cccnc2Nc2c(C)ccc3c(NC4CCOCC4)nccc23)ncn1. The zero-order valence-electron chi connectivity index (χ0n) is 18.8. The first-order valence-corrected chi connectivity index (χ1v) is 11.2. The van der Waals surface area contributed by atoms with Gasteiger partial charge in [-0.2, -0.15) is 0 Å². The lowest BCUT2D eigenvalue weighted by molar-refractivity contribution is 0.0904. The molecule has 4 aromatic rings. The van der Waals surface area contributed by atoms with Crippen LogP contribution in [-0.4, -0.2) is 46.2 Å². The molecule has 0 amide bonds. The van der Waals surface area contributed by atoms with Crippen molar-refractivity contribution in [1.82, 2.24) is 19.9 Å². The van der Waals surface area contributed by atoms with Gasteiger partial charge >= 0.3 is 0 Å². The average molecular weight is 442 g/mol. The van der Waals surface area contributed by atoms with Crippen LogP contribution in [0.15, 0.2) is 55.1 Å². The number of nitrogens with zero attached hydrogens (tertiary/aromatic N) is 4. The van der Waals surface area contributed by atoms with Crippen molar-refractivity contribution in [1.29, 1.82) is 0 Å². The van der Waals surface area contributed by atoms with E-state index >= 15 is 0 Å². The molecular weight excluding hydrogens is 414 g/mol. The molecule has 0 atom stereocenters. The van der Waals surface area contributed by atoms with Gasteiger partial charge in [0.15, 0.2) is 0 Å². The van der Waals surface area contributed by atoms with Gasteiger partial charge in [-0.15, -0.1) is 0 Å². The summed E-state index contributed by atoms with van der Waals surface area (Å²) in [5, 5.41) is 12.4. The van der Waals surface area contributed by atoms with Gasteiger partial charge in [0.2, 0.25) is 0 Å². The lowest BCUT2D eigenvalue weighted by atomic mass is 10.0. The lowest BCUT2D eigenvalue weighted by Gasteiger charge is -2.24. The van der Waals surface area contributed by atoms with Gasteiger partial charge < -0.3 is 20.7 Å². The third-order valence-electron chi connectivity index (χ3n) is 5.97. The Morgan fingerprint density at radius 3 is 2.61 bits per heavy atom. The summed E-state index contributed by atoms with van der Waals surface area (Å²) in [5.74, 6) is 2.40.